The van der Waals surface area contributed by atoms with Crippen LogP contribution in [0.3, 0.4) is 0 Å². The maximum absolute atomic E-state index is 13.1. The van der Waals surface area contributed by atoms with Crippen LogP contribution < -0.4 is 0 Å². The zero-order valence-corrected chi connectivity index (χ0v) is 18.6. The quantitative estimate of drug-likeness (QED) is 0.377. The van der Waals surface area contributed by atoms with Crippen LogP contribution in [0.1, 0.15) is 31.2 Å². The smallest absolute Gasteiger partial charge is 0.233 e. The van der Waals surface area contributed by atoms with Crippen LogP contribution in [0.25, 0.3) is 0 Å². The second-order valence-corrected chi connectivity index (χ2v) is 9.58. The Morgan fingerprint density at radius 2 is 1.84 bits per heavy atom. The van der Waals surface area contributed by atoms with Crippen molar-refractivity contribution in [3.63, 3.8) is 0 Å². The molecule has 1 aliphatic heterocycles. The largest absolute Gasteiger partial charge is 0.508 e. The van der Waals surface area contributed by atoms with Crippen molar-refractivity contribution < 1.29 is 24.3 Å². The number of carbonyl (C=O) groups excluding carboxylic acids is 4. The Morgan fingerprint density at radius 3 is 2.58 bits per heavy atom. The van der Waals surface area contributed by atoms with Gasteiger partial charge in [0.1, 0.15) is 5.75 Å². The molecule has 1 aromatic carbocycles. The van der Waals surface area contributed by atoms with Gasteiger partial charge in [0.05, 0.1) is 11.8 Å². The molecule has 0 saturated carbocycles. The van der Waals surface area contributed by atoms with Crippen LogP contribution in [0.5, 0.6) is 5.75 Å². The molecule has 4 atom stereocenters. The number of fused-ring (bicyclic) bond motifs is 3. The standard InChI is InChI=1S/C24H20BrNO5/c1-10-7-18(28)21-16(22(10)29)9-14-12(19(21)15-8-11(25)3-6-17(15)27)4-5-13-20(14)24(31)26(2)23(13)30/h3-4,6-8,13-14,19-20,27H,5,9H2,1-2H3. The average Bonchev–Trinajstić information content (AvgIpc) is 2.96. The van der Waals surface area contributed by atoms with E-state index in [-0.39, 0.29) is 41.5 Å². The number of benzene rings is 1. The predicted octanol–water partition coefficient (Wildman–Crippen LogP) is 3.21. The molecule has 3 aliphatic carbocycles. The summed E-state index contributed by atoms with van der Waals surface area (Å²) in [5, 5.41) is 10.7. The van der Waals surface area contributed by atoms with Crippen molar-refractivity contribution in [3.8, 4) is 5.75 Å². The molecule has 0 spiro atoms. The molecular formula is C24H20BrNO5. The molecule has 158 valence electrons. The van der Waals surface area contributed by atoms with E-state index in [4.69, 9.17) is 0 Å². The number of Topliss-reactive ketones (excluding diaryl/α,β-unsaturated/α-hetero) is 1. The molecule has 6 nitrogen and oxygen atoms in total. The fourth-order valence-corrected chi connectivity index (χ4v) is 6.03. The third kappa shape index (κ3) is 2.75. The molecule has 2 amide bonds. The van der Waals surface area contributed by atoms with Crippen LogP contribution in [0, 0.1) is 17.8 Å². The molecule has 0 radical (unpaired) electrons. The zero-order valence-electron chi connectivity index (χ0n) is 17.0. The van der Waals surface area contributed by atoms with Crippen LogP contribution in [0.15, 0.2) is 57.1 Å². The molecule has 0 bridgehead atoms. The number of aromatic hydroxyl groups is 1. The summed E-state index contributed by atoms with van der Waals surface area (Å²) in [4.78, 5) is 53.0. The number of hydrogen-bond donors (Lipinski definition) is 1. The van der Waals surface area contributed by atoms with Gasteiger partial charge in [0.25, 0.3) is 0 Å². The summed E-state index contributed by atoms with van der Waals surface area (Å²) >= 11 is 3.43. The highest BCUT2D eigenvalue weighted by Crippen LogP contribution is 2.56. The number of nitrogens with zero attached hydrogens (tertiary/aromatic N) is 1. The first-order chi connectivity index (χ1) is 14.7. The fraction of sp³-hybridized carbons (Fsp3) is 0.333. The predicted molar refractivity (Wildman–Crippen MR) is 115 cm³/mol. The summed E-state index contributed by atoms with van der Waals surface area (Å²) in [7, 11) is 1.50. The van der Waals surface area contributed by atoms with Gasteiger partial charge < -0.3 is 5.11 Å². The minimum Gasteiger partial charge on any atom is -0.508 e. The molecule has 1 heterocycles. The Hall–Kier alpha value is -2.80. The molecule has 0 aromatic heterocycles. The maximum atomic E-state index is 13.1. The van der Waals surface area contributed by atoms with Gasteiger partial charge in [-0.1, -0.05) is 27.6 Å². The van der Waals surface area contributed by atoms with Crippen molar-refractivity contribution in [1.82, 2.24) is 4.90 Å². The highest BCUT2D eigenvalue weighted by molar-refractivity contribution is 9.10. The summed E-state index contributed by atoms with van der Waals surface area (Å²) in [5.74, 6) is -2.89. The van der Waals surface area contributed by atoms with Crippen LogP contribution in [-0.2, 0) is 19.2 Å². The summed E-state index contributed by atoms with van der Waals surface area (Å²) in [6, 6.07) is 4.99. The van der Waals surface area contributed by atoms with E-state index < -0.39 is 17.8 Å². The number of hydrogen-bond acceptors (Lipinski definition) is 5. The third-order valence-corrected chi connectivity index (χ3v) is 7.58. The topological polar surface area (TPSA) is 91.8 Å². The summed E-state index contributed by atoms with van der Waals surface area (Å²) < 4.78 is 0.729. The van der Waals surface area contributed by atoms with E-state index in [9.17, 15) is 24.3 Å². The highest BCUT2D eigenvalue weighted by Gasteiger charge is 2.55. The van der Waals surface area contributed by atoms with E-state index in [2.05, 4.69) is 15.9 Å². The third-order valence-electron chi connectivity index (χ3n) is 7.08. The van der Waals surface area contributed by atoms with Crippen molar-refractivity contribution in [2.75, 3.05) is 7.05 Å². The summed E-state index contributed by atoms with van der Waals surface area (Å²) in [6.07, 6.45) is 3.94. The van der Waals surface area contributed by atoms with Crippen LogP contribution in [0.4, 0.5) is 0 Å². The Balaban J connectivity index is 1.75. The van der Waals surface area contributed by atoms with E-state index >= 15 is 0 Å². The number of allylic oxidation sites excluding steroid dienone is 6. The normalized spacial score (nSPS) is 30.1. The van der Waals surface area contributed by atoms with Crippen molar-refractivity contribution in [1.29, 1.82) is 0 Å². The maximum Gasteiger partial charge on any atom is 0.233 e. The first-order valence-corrected chi connectivity index (χ1v) is 11.0. The van der Waals surface area contributed by atoms with Gasteiger partial charge in [-0.25, -0.2) is 0 Å². The Bertz CT molecular complexity index is 1190. The van der Waals surface area contributed by atoms with E-state index in [1.807, 2.05) is 6.08 Å². The van der Waals surface area contributed by atoms with Gasteiger partial charge in [-0.05, 0) is 50.0 Å². The summed E-state index contributed by atoms with van der Waals surface area (Å²) in [6.45, 7) is 1.61. The number of phenols is 1. The van der Waals surface area contributed by atoms with Gasteiger partial charge in [0, 0.05) is 39.7 Å². The number of rotatable bonds is 1. The van der Waals surface area contributed by atoms with Crippen molar-refractivity contribution in [2.24, 2.45) is 17.8 Å². The molecule has 1 saturated heterocycles. The zero-order chi connectivity index (χ0) is 22.2. The number of carbonyl (C=O) groups is 4. The van der Waals surface area contributed by atoms with E-state index in [1.165, 1.54) is 18.0 Å². The monoisotopic (exact) mass is 481 g/mol. The number of halogens is 1. The molecule has 1 N–H and O–H groups in total. The van der Waals surface area contributed by atoms with Crippen molar-refractivity contribution in [3.05, 3.63) is 62.7 Å². The Labute approximate surface area is 187 Å². The lowest BCUT2D eigenvalue weighted by Crippen LogP contribution is -2.39. The van der Waals surface area contributed by atoms with Gasteiger partial charge >= 0.3 is 0 Å². The second-order valence-electron chi connectivity index (χ2n) is 8.67. The summed E-state index contributed by atoms with van der Waals surface area (Å²) in [5.41, 5.74) is 2.48. The fourth-order valence-electron chi connectivity index (χ4n) is 5.65. The molecule has 4 unspecified atom stereocenters. The number of amides is 2. The van der Waals surface area contributed by atoms with Crippen LogP contribution >= 0.6 is 15.9 Å². The molecular weight excluding hydrogens is 462 g/mol. The number of imide groups is 1. The SMILES string of the molecule is CC1=CC(=O)C2=C(CC3C(=CCC4C(=O)N(C)C(=O)C43)C2c2cc(Br)ccc2O)C1=O. The van der Waals surface area contributed by atoms with Gasteiger partial charge in [-0.15, -0.1) is 0 Å². The van der Waals surface area contributed by atoms with Gasteiger partial charge in [0.15, 0.2) is 11.6 Å². The molecule has 5 rings (SSSR count). The molecule has 31 heavy (non-hydrogen) atoms. The van der Waals surface area contributed by atoms with Gasteiger partial charge in [-0.3, -0.25) is 24.1 Å². The lowest BCUT2D eigenvalue weighted by molar-refractivity contribution is -0.138. The average molecular weight is 482 g/mol. The van der Waals surface area contributed by atoms with Gasteiger partial charge in [0.2, 0.25) is 11.8 Å². The number of phenolic OH excluding ortho intramolecular Hbond substituents is 1. The van der Waals surface area contributed by atoms with Crippen molar-refractivity contribution in [2.45, 2.75) is 25.7 Å². The number of likely N-dealkylation sites (tertiary alicyclic amines) is 1. The Kier molecular flexibility index (Phi) is 4.45. The minimum atomic E-state index is -0.637. The molecule has 7 heteroatoms. The Morgan fingerprint density at radius 1 is 1.10 bits per heavy atom. The highest BCUT2D eigenvalue weighted by atomic mass is 79.9. The van der Waals surface area contributed by atoms with E-state index in [1.54, 1.807) is 25.1 Å². The molecule has 1 fully saturated rings. The van der Waals surface area contributed by atoms with E-state index in [0.717, 1.165) is 10.0 Å². The van der Waals surface area contributed by atoms with Gasteiger partial charge in [-0.2, -0.15) is 0 Å². The molecule has 4 aliphatic rings. The van der Waals surface area contributed by atoms with E-state index in [0.29, 0.717) is 28.7 Å². The van der Waals surface area contributed by atoms with Crippen molar-refractivity contribution >= 4 is 39.3 Å². The van der Waals surface area contributed by atoms with Crippen LogP contribution in [-0.4, -0.2) is 40.4 Å². The molecule has 1 aromatic rings. The second kappa shape index (κ2) is 6.85. The first kappa shape index (κ1) is 20.1. The lowest BCUT2D eigenvalue weighted by atomic mass is 9.59. The number of ketones is 2. The van der Waals surface area contributed by atoms with Crippen LogP contribution in [0.2, 0.25) is 0 Å². The minimum absolute atomic E-state index is 0.0150. The first-order valence-electron chi connectivity index (χ1n) is 10.2. The lowest BCUT2D eigenvalue weighted by Gasteiger charge is -2.42.